The lowest BCUT2D eigenvalue weighted by molar-refractivity contribution is -0.142. The summed E-state index contributed by atoms with van der Waals surface area (Å²) < 4.78 is 0. The van der Waals surface area contributed by atoms with Gasteiger partial charge in [-0.25, -0.2) is 4.98 Å². The summed E-state index contributed by atoms with van der Waals surface area (Å²) in [6.45, 7) is 6.39. The molecule has 2 aromatic rings. The topological polar surface area (TPSA) is 658 Å². The maximum Gasteiger partial charge on any atom is 0.305 e. The highest BCUT2D eigenvalue weighted by Crippen LogP contribution is 2.13. The molecule has 0 aliphatic rings. The van der Waals surface area contributed by atoms with E-state index in [0.717, 1.165) is 18.7 Å². The maximum absolute atomic E-state index is 14.4. The Hall–Kier alpha value is -10.5. The number of carbonyl (C=O) groups is 16. The Morgan fingerprint density at radius 2 is 0.980 bits per heavy atom. The quantitative estimate of drug-likeness (QED) is 0.0166. The first kappa shape index (κ1) is 86.6. The van der Waals surface area contributed by atoms with Crippen LogP contribution in [0.25, 0.3) is 0 Å². The first-order valence-electron chi connectivity index (χ1n) is 32.0. The van der Waals surface area contributed by atoms with Crippen molar-refractivity contribution in [2.24, 2.45) is 45.5 Å². The number of aromatic nitrogens is 2. The van der Waals surface area contributed by atoms with Crippen LogP contribution in [0.3, 0.4) is 0 Å². The van der Waals surface area contributed by atoms with E-state index < -0.39 is 218 Å². The van der Waals surface area contributed by atoms with Gasteiger partial charge in [-0.1, -0.05) is 64.4 Å². The Bertz CT molecular complexity index is 3210. The number of benzene rings is 1. The Morgan fingerprint density at radius 3 is 1.47 bits per heavy atom. The number of thioether (sulfide) groups is 1. The van der Waals surface area contributed by atoms with Crippen LogP contribution in [0.1, 0.15) is 110 Å². The Kier molecular flexibility index (Phi) is 38.1. The molecule has 40 heteroatoms. The number of aliphatic hydroxyl groups excluding tert-OH is 1. The number of rotatable bonds is 48. The molecule has 26 N–H and O–H groups in total. The van der Waals surface area contributed by atoms with Crippen LogP contribution in [-0.4, -0.2) is 229 Å². The number of carboxylic acids is 3. The molecule has 13 amide bonds. The minimum Gasteiger partial charge on any atom is -0.481 e. The molecule has 0 aliphatic carbocycles. The van der Waals surface area contributed by atoms with Gasteiger partial charge in [0.15, 0.2) is 5.96 Å². The van der Waals surface area contributed by atoms with E-state index in [1.54, 1.807) is 50.4 Å². The summed E-state index contributed by atoms with van der Waals surface area (Å²) >= 11 is 1.16. The summed E-state index contributed by atoms with van der Waals surface area (Å²) in [5.74, 6) is -20.2. The number of nitrogens with one attached hydrogen (secondary N) is 12. The van der Waals surface area contributed by atoms with Gasteiger partial charge in [0, 0.05) is 44.1 Å². The zero-order valence-electron chi connectivity index (χ0n) is 56.7. The van der Waals surface area contributed by atoms with Crippen molar-refractivity contribution in [1.29, 1.82) is 0 Å². The van der Waals surface area contributed by atoms with Crippen LogP contribution in [0.5, 0.6) is 0 Å². The molecule has 0 spiro atoms. The maximum atomic E-state index is 14.4. The number of primary amides is 2. The van der Waals surface area contributed by atoms with Crippen molar-refractivity contribution in [3.63, 3.8) is 0 Å². The summed E-state index contributed by atoms with van der Waals surface area (Å²) in [4.78, 5) is 224. The van der Waals surface area contributed by atoms with Gasteiger partial charge < -0.3 is 113 Å². The number of nitrogens with zero attached hydrogens (tertiary/aromatic N) is 2. The normalized spacial score (nSPS) is 14.9. The standard InChI is InChI=1S/C61H95N19O20S/c1-7-30(4)47(63)59(99)79-42(27-81)58(98)73-36(16-18-45(85)86)54(94)80-48(29(2)3)60(100)78-40(24-43(62)82)57(97)74-37(19-21-101-6)53(93)77-41(25-46(87)88)55(95)70-31(5)50(90)71-35(15-17-44(83)84)52(92)76-39(22-32-12-9-8-10-13-32)56(96)72-34(14-11-20-68-61(65)66)51(91)75-38(49(64)89)23-33-26-67-28-69-33/h8-10,12-13,26,28-31,34-42,47-48,81H,7,11,14-25,27,63H2,1-6H3,(H2,62,82)(H2,64,89)(H,67,69)(H,70,95)(H,71,90)(H,72,96)(H,73,98)(H,74,97)(H,75,91)(H,76,92)(H,77,93)(H,78,100)(H,79,99)(H,80,94)(H,83,84)(H,85,86)(H,87,88)(H4,65,66,68)/t30-,31-,34-,35-,36-,37-,38-,39-,40-,41-,42-,47-,48-/m0/s1. The molecule has 13 atom stereocenters. The fraction of sp³-hybridized carbons (Fsp3) is 0.574. The Balaban J connectivity index is 2.43. The van der Waals surface area contributed by atoms with Crippen molar-refractivity contribution in [3.8, 4) is 0 Å². The molecule has 1 heterocycles. The van der Waals surface area contributed by atoms with Crippen LogP contribution in [0.2, 0.25) is 0 Å². The van der Waals surface area contributed by atoms with Crippen LogP contribution in [0.4, 0.5) is 0 Å². The summed E-state index contributed by atoms with van der Waals surface area (Å²) in [5, 5.41) is 64.8. The van der Waals surface area contributed by atoms with E-state index in [0.29, 0.717) is 17.7 Å². The van der Waals surface area contributed by atoms with E-state index in [2.05, 4.69) is 73.4 Å². The molecule has 0 saturated carbocycles. The van der Waals surface area contributed by atoms with Crippen LogP contribution >= 0.6 is 11.8 Å². The van der Waals surface area contributed by atoms with Gasteiger partial charge in [-0.3, -0.25) is 81.7 Å². The summed E-state index contributed by atoms with van der Waals surface area (Å²) in [7, 11) is 0. The second-order valence-electron chi connectivity index (χ2n) is 23.8. The second kappa shape index (κ2) is 44.5. The SMILES string of the molecule is CC[C@H](C)[C@H](N)C(=O)N[C@@H](CO)C(=O)N[C@@H](CCC(=O)O)C(=O)N[C@H](C(=O)N[C@@H](CC(N)=O)C(=O)N[C@@H](CCSC)C(=O)N[C@@H](CC(=O)O)C(=O)N[C@@H](C)C(=O)N[C@@H](CCC(=O)O)C(=O)N[C@@H](Cc1ccccc1)C(=O)N[C@@H](CCCN=C(N)N)C(=O)N[C@@H](Cc1cnc[nH]1)C(N)=O)C(C)C. The first-order chi connectivity index (χ1) is 47.5. The zero-order chi connectivity index (χ0) is 76.2. The molecular weight excluding hydrogens is 1350 g/mol. The van der Waals surface area contributed by atoms with E-state index in [9.17, 15) is 97.1 Å². The Morgan fingerprint density at radius 1 is 0.525 bits per heavy atom. The molecule has 1 aromatic heterocycles. The van der Waals surface area contributed by atoms with Crippen LogP contribution in [-0.2, 0) is 89.6 Å². The van der Waals surface area contributed by atoms with Crippen molar-refractivity contribution in [1.82, 2.24) is 68.5 Å². The van der Waals surface area contributed by atoms with Gasteiger partial charge in [0.25, 0.3) is 0 Å². The molecule has 0 saturated heterocycles. The number of aliphatic imine (C=N–C) groups is 1. The number of hydrogen-bond donors (Lipinski definition) is 21. The van der Waals surface area contributed by atoms with Gasteiger partial charge in [-0.05, 0) is 68.4 Å². The van der Waals surface area contributed by atoms with Crippen LogP contribution in [0, 0.1) is 11.8 Å². The van der Waals surface area contributed by atoms with Crippen LogP contribution < -0.4 is 87.2 Å². The van der Waals surface area contributed by atoms with E-state index >= 15 is 0 Å². The van der Waals surface area contributed by atoms with E-state index in [4.69, 9.17) is 28.7 Å². The number of imidazole rings is 1. The van der Waals surface area contributed by atoms with Gasteiger partial charge in [-0.15, -0.1) is 0 Å². The van der Waals surface area contributed by atoms with Crippen molar-refractivity contribution >= 4 is 112 Å². The molecule has 0 unspecified atom stereocenters. The number of hydrogen-bond acceptors (Lipinski definition) is 21. The lowest BCUT2D eigenvalue weighted by Gasteiger charge is -2.28. The Labute approximate surface area is 584 Å². The molecule has 0 fully saturated rings. The molecule has 2 rings (SSSR count). The number of aliphatic hydroxyl groups is 1. The number of aliphatic carboxylic acids is 3. The molecule has 101 heavy (non-hydrogen) atoms. The fourth-order valence-electron chi connectivity index (χ4n) is 9.38. The third-order valence-electron chi connectivity index (χ3n) is 15.4. The lowest BCUT2D eigenvalue weighted by Crippen LogP contribution is -2.61. The smallest absolute Gasteiger partial charge is 0.305 e. The highest BCUT2D eigenvalue weighted by Gasteiger charge is 2.38. The number of H-pyrrole nitrogens is 1. The number of nitrogens with two attached hydrogens (primary N) is 5. The van der Waals surface area contributed by atoms with Gasteiger partial charge in [-0.2, -0.15) is 11.8 Å². The van der Waals surface area contributed by atoms with Crippen molar-refractivity contribution in [2.45, 2.75) is 184 Å². The number of amides is 13. The van der Waals surface area contributed by atoms with Gasteiger partial charge in [0.05, 0.1) is 31.8 Å². The average Bonchev–Trinajstić information content (AvgIpc) is 1.21. The van der Waals surface area contributed by atoms with Crippen LogP contribution in [0.15, 0.2) is 47.8 Å². The molecule has 560 valence electrons. The fourth-order valence-corrected chi connectivity index (χ4v) is 9.85. The largest absolute Gasteiger partial charge is 0.481 e. The second-order valence-corrected chi connectivity index (χ2v) is 24.8. The van der Waals surface area contributed by atoms with E-state index in [-0.39, 0.29) is 56.3 Å². The number of aromatic amines is 1. The minimum absolute atomic E-state index is 0.0102. The number of carbonyl (C=O) groups excluding carboxylic acids is 13. The third kappa shape index (κ3) is 32.4. The molecule has 0 aliphatic heterocycles. The predicted octanol–water partition coefficient (Wildman–Crippen LogP) is -7.06. The summed E-state index contributed by atoms with van der Waals surface area (Å²) in [5.41, 5.74) is 28.9. The van der Waals surface area contributed by atoms with Crippen molar-refractivity contribution in [3.05, 3.63) is 54.1 Å². The molecule has 1 aromatic carbocycles. The van der Waals surface area contributed by atoms with E-state index in [1.807, 2.05) is 0 Å². The number of guanidine groups is 1. The highest BCUT2D eigenvalue weighted by atomic mass is 32.2. The van der Waals surface area contributed by atoms with E-state index in [1.165, 1.54) is 26.4 Å². The minimum atomic E-state index is -2.04. The molecule has 0 bridgehead atoms. The highest BCUT2D eigenvalue weighted by molar-refractivity contribution is 7.98. The molecule has 0 radical (unpaired) electrons. The first-order valence-corrected chi connectivity index (χ1v) is 33.4. The average molecular weight is 1450 g/mol. The summed E-state index contributed by atoms with van der Waals surface area (Å²) in [6, 6.07) is -11.5. The zero-order valence-corrected chi connectivity index (χ0v) is 57.6. The van der Waals surface area contributed by atoms with Crippen molar-refractivity contribution in [2.75, 3.05) is 25.2 Å². The molecular formula is C61H95N19O20S. The van der Waals surface area contributed by atoms with Gasteiger partial charge >= 0.3 is 17.9 Å². The van der Waals surface area contributed by atoms with Crippen molar-refractivity contribution < 1.29 is 97.1 Å². The molecule has 39 nitrogen and oxygen atoms in total. The monoisotopic (exact) mass is 1450 g/mol. The lowest BCUT2D eigenvalue weighted by atomic mass is 9.99. The third-order valence-corrected chi connectivity index (χ3v) is 16.0. The number of carboxylic acid groups (broad SMARTS) is 3. The van der Waals surface area contributed by atoms with Gasteiger partial charge in [0.2, 0.25) is 76.8 Å². The summed E-state index contributed by atoms with van der Waals surface area (Å²) in [6.07, 6.45) is -0.641. The van der Waals surface area contributed by atoms with Gasteiger partial charge in [0.1, 0.15) is 66.5 Å². The predicted molar refractivity (Wildman–Crippen MR) is 361 cm³/mol.